The molecule has 1 aliphatic rings. The van der Waals surface area contributed by atoms with Gasteiger partial charge in [-0.2, -0.15) is 0 Å². The summed E-state index contributed by atoms with van der Waals surface area (Å²) in [6.07, 6.45) is 0.924. The molecule has 6 nitrogen and oxygen atoms in total. The molecule has 0 spiro atoms. The zero-order valence-corrected chi connectivity index (χ0v) is 17.4. The summed E-state index contributed by atoms with van der Waals surface area (Å²) in [4.78, 5) is 26.3. The van der Waals surface area contributed by atoms with E-state index in [0.29, 0.717) is 17.8 Å². The van der Waals surface area contributed by atoms with Gasteiger partial charge in [0.2, 0.25) is 3.79 Å². The van der Waals surface area contributed by atoms with Crippen LogP contribution in [0.4, 0.5) is 10.5 Å². The van der Waals surface area contributed by atoms with Crippen molar-refractivity contribution in [1.82, 2.24) is 4.90 Å². The second-order valence-electron chi connectivity index (χ2n) is 5.48. The topological polar surface area (TPSA) is 70.1 Å². The lowest BCUT2D eigenvalue weighted by atomic mass is 10.1. The average molecular weight is 522 g/mol. The molecule has 0 saturated carbocycles. The fourth-order valence-electron chi connectivity index (χ4n) is 2.53. The van der Waals surface area contributed by atoms with Gasteiger partial charge in [-0.15, -0.1) is 0 Å². The van der Waals surface area contributed by atoms with E-state index in [1.165, 1.54) is 3.11 Å². The lowest BCUT2D eigenvalue weighted by molar-refractivity contribution is 0.0677. The molecule has 1 fully saturated rings. The van der Waals surface area contributed by atoms with Crippen LogP contribution in [-0.2, 0) is 4.74 Å². The number of aliphatic hydroxyl groups excluding tert-OH is 1. The molecule has 0 radical (unpaired) electrons. The zero-order valence-electron chi connectivity index (χ0n) is 13.0. The summed E-state index contributed by atoms with van der Waals surface area (Å²) in [6, 6.07) is 6.41. The Hall–Kier alpha value is -0.480. The van der Waals surface area contributed by atoms with E-state index in [1.807, 2.05) is 0 Å². The fraction of sp³-hybridized carbons (Fsp3) is 0.467. The smallest absolute Gasteiger partial charge is 0.423 e. The van der Waals surface area contributed by atoms with Crippen molar-refractivity contribution in [3.8, 4) is 0 Å². The number of halogens is 4. The predicted molar refractivity (Wildman–Crippen MR) is 106 cm³/mol. The maximum atomic E-state index is 12.6. The fourth-order valence-corrected chi connectivity index (χ4v) is 3.13. The SMILES string of the molecule is O=C(OCC(Cl)(Cl)Cl)N(I)c1cccc(C(=O)N2CCCC2CO)c1. The number of ether oxygens (including phenoxy) is 1. The van der Waals surface area contributed by atoms with Gasteiger partial charge in [0.15, 0.2) is 0 Å². The molecule has 1 aromatic carbocycles. The highest BCUT2D eigenvalue weighted by atomic mass is 127. The maximum Gasteiger partial charge on any atom is 0.423 e. The molecule has 1 atom stereocenters. The molecule has 10 heteroatoms. The van der Waals surface area contributed by atoms with Crippen LogP contribution in [0.2, 0.25) is 0 Å². The predicted octanol–water partition coefficient (Wildman–Crippen LogP) is 3.95. The number of rotatable bonds is 4. The summed E-state index contributed by atoms with van der Waals surface area (Å²) < 4.78 is 4.41. The summed E-state index contributed by atoms with van der Waals surface area (Å²) in [7, 11) is 0. The van der Waals surface area contributed by atoms with E-state index in [2.05, 4.69) is 0 Å². The van der Waals surface area contributed by atoms with E-state index in [4.69, 9.17) is 39.5 Å². The summed E-state index contributed by atoms with van der Waals surface area (Å²) in [6.45, 7) is 0.154. The third kappa shape index (κ3) is 5.75. The molecule has 25 heavy (non-hydrogen) atoms. The van der Waals surface area contributed by atoms with E-state index in [0.717, 1.165) is 12.8 Å². The summed E-state index contributed by atoms with van der Waals surface area (Å²) in [5.41, 5.74) is 0.884. The Morgan fingerprint density at radius 3 is 2.76 bits per heavy atom. The second-order valence-corrected chi connectivity index (χ2v) is 8.96. The highest BCUT2D eigenvalue weighted by Crippen LogP contribution is 2.28. The second kappa shape index (κ2) is 8.94. The van der Waals surface area contributed by atoms with Crippen molar-refractivity contribution < 1.29 is 19.4 Å². The van der Waals surface area contributed by atoms with Crippen molar-refractivity contribution in [1.29, 1.82) is 0 Å². The Kier molecular flexibility index (Phi) is 7.45. The number of nitrogens with zero attached hydrogens (tertiary/aromatic N) is 2. The lowest BCUT2D eigenvalue weighted by Crippen LogP contribution is -2.37. The maximum absolute atomic E-state index is 12.6. The molecule has 1 heterocycles. The number of amides is 2. The van der Waals surface area contributed by atoms with E-state index >= 15 is 0 Å². The van der Waals surface area contributed by atoms with Gasteiger partial charge in [0.05, 0.1) is 41.2 Å². The Labute approximate surface area is 174 Å². The van der Waals surface area contributed by atoms with Gasteiger partial charge in [0.1, 0.15) is 6.61 Å². The molecule has 138 valence electrons. The van der Waals surface area contributed by atoms with Crippen molar-refractivity contribution in [3.63, 3.8) is 0 Å². The monoisotopic (exact) mass is 520 g/mol. The van der Waals surface area contributed by atoms with E-state index in [1.54, 1.807) is 52.0 Å². The van der Waals surface area contributed by atoms with Gasteiger partial charge >= 0.3 is 6.09 Å². The minimum absolute atomic E-state index is 0.0623. The quantitative estimate of drug-likeness (QED) is 0.370. The van der Waals surface area contributed by atoms with Gasteiger partial charge in [0.25, 0.3) is 5.91 Å². The number of likely N-dealkylation sites (tertiary alicyclic amines) is 1. The minimum Gasteiger partial charge on any atom is -0.444 e. The van der Waals surface area contributed by atoms with E-state index in [-0.39, 0.29) is 25.2 Å². The number of aliphatic hydroxyl groups is 1. The summed E-state index contributed by atoms with van der Waals surface area (Å²) in [5, 5.41) is 9.38. The Bertz CT molecular complexity index is 641. The molecule has 0 aromatic heterocycles. The van der Waals surface area contributed by atoms with Crippen LogP contribution < -0.4 is 3.11 Å². The van der Waals surface area contributed by atoms with Crippen molar-refractivity contribution in [2.75, 3.05) is 22.9 Å². The molecule has 0 aliphatic carbocycles. The highest BCUT2D eigenvalue weighted by molar-refractivity contribution is 14.1. The van der Waals surface area contributed by atoms with Crippen LogP contribution in [0.5, 0.6) is 0 Å². The van der Waals surface area contributed by atoms with Gasteiger partial charge in [-0.05, 0) is 31.0 Å². The summed E-state index contributed by atoms with van der Waals surface area (Å²) >= 11 is 18.4. The van der Waals surface area contributed by atoms with E-state index in [9.17, 15) is 14.7 Å². The van der Waals surface area contributed by atoms with Crippen molar-refractivity contribution in [2.45, 2.75) is 22.7 Å². The van der Waals surface area contributed by atoms with Crippen LogP contribution in [0.1, 0.15) is 23.2 Å². The van der Waals surface area contributed by atoms with Gasteiger partial charge in [-0.3, -0.25) is 4.79 Å². The molecule has 1 aliphatic heterocycles. The molecule has 1 unspecified atom stereocenters. The van der Waals surface area contributed by atoms with Gasteiger partial charge < -0.3 is 14.7 Å². The Balaban J connectivity index is 2.10. The van der Waals surface area contributed by atoms with Crippen molar-refractivity contribution >= 4 is 75.4 Å². The molecule has 2 amide bonds. The Morgan fingerprint density at radius 1 is 1.40 bits per heavy atom. The first-order chi connectivity index (χ1) is 11.7. The highest BCUT2D eigenvalue weighted by Gasteiger charge is 2.29. The molecule has 0 bridgehead atoms. The number of alkyl halides is 3. The van der Waals surface area contributed by atoms with Gasteiger partial charge in [-0.1, -0.05) is 40.9 Å². The number of hydrogen-bond donors (Lipinski definition) is 1. The standard InChI is InChI=1S/C15H16Cl3IN2O4/c16-15(17,18)9-25-14(24)21(19)11-4-1-3-10(7-11)13(23)20-6-2-5-12(20)8-22/h1,3-4,7,12,22H,2,5-6,8-9H2. The van der Waals surface area contributed by atoms with Gasteiger partial charge in [0, 0.05) is 12.1 Å². The van der Waals surface area contributed by atoms with Crippen molar-refractivity contribution in [2.24, 2.45) is 0 Å². The largest absolute Gasteiger partial charge is 0.444 e. The molecular weight excluding hydrogens is 505 g/mol. The van der Waals surface area contributed by atoms with Crippen LogP contribution in [0.3, 0.4) is 0 Å². The molecule has 1 saturated heterocycles. The number of carbonyl (C=O) groups is 2. The average Bonchev–Trinajstić information content (AvgIpc) is 3.06. The van der Waals surface area contributed by atoms with Gasteiger partial charge in [-0.25, -0.2) is 7.91 Å². The van der Waals surface area contributed by atoms with Crippen LogP contribution in [0.25, 0.3) is 0 Å². The molecular formula is C15H16Cl3IN2O4. The zero-order chi connectivity index (χ0) is 18.6. The van der Waals surface area contributed by atoms with Crippen LogP contribution in [0.15, 0.2) is 24.3 Å². The number of carbonyl (C=O) groups excluding carboxylic acids is 2. The third-order valence-corrected chi connectivity index (χ3v) is 4.97. The Morgan fingerprint density at radius 2 is 2.12 bits per heavy atom. The molecule has 1 N–H and O–H groups in total. The third-order valence-electron chi connectivity index (χ3n) is 3.69. The van der Waals surface area contributed by atoms with Crippen LogP contribution in [0, 0.1) is 0 Å². The first-order valence-electron chi connectivity index (χ1n) is 7.44. The summed E-state index contributed by atoms with van der Waals surface area (Å²) in [5.74, 6) is -0.183. The van der Waals surface area contributed by atoms with Crippen LogP contribution in [-0.4, -0.2) is 51.6 Å². The molecule has 2 rings (SSSR count). The first kappa shape index (κ1) is 20.8. The first-order valence-corrected chi connectivity index (χ1v) is 9.54. The lowest BCUT2D eigenvalue weighted by Gasteiger charge is -2.23. The van der Waals surface area contributed by atoms with Crippen LogP contribution >= 0.6 is 57.7 Å². The minimum atomic E-state index is -1.69. The van der Waals surface area contributed by atoms with E-state index < -0.39 is 9.89 Å². The number of hydrogen-bond acceptors (Lipinski definition) is 4. The number of benzene rings is 1. The number of anilines is 1. The molecule has 1 aromatic rings. The normalized spacial score (nSPS) is 17.5. The van der Waals surface area contributed by atoms with Crippen molar-refractivity contribution in [3.05, 3.63) is 29.8 Å².